The van der Waals surface area contributed by atoms with Gasteiger partial charge in [0, 0.05) is 20.9 Å². The van der Waals surface area contributed by atoms with Crippen molar-refractivity contribution in [1.29, 1.82) is 0 Å². The third-order valence-electron chi connectivity index (χ3n) is 5.05. The van der Waals surface area contributed by atoms with E-state index in [2.05, 4.69) is 38.4 Å². The van der Waals surface area contributed by atoms with Gasteiger partial charge in [-0.15, -0.1) is 0 Å². The summed E-state index contributed by atoms with van der Waals surface area (Å²) in [6.45, 7) is -0.199. The number of hydrogen-bond acceptors (Lipinski definition) is 5. The number of nitrogens with one attached hydrogen (secondary N) is 2. The van der Waals surface area contributed by atoms with E-state index in [4.69, 9.17) is 9.84 Å². The Bertz CT molecular complexity index is 1350. The molecule has 35 heavy (non-hydrogen) atoms. The summed E-state index contributed by atoms with van der Waals surface area (Å²) in [4.78, 5) is 24.5. The number of nitrogens with zero attached hydrogens (tertiary/aromatic N) is 3. The Balaban J connectivity index is 1.47. The summed E-state index contributed by atoms with van der Waals surface area (Å²) in [7, 11) is 1.61. The van der Waals surface area contributed by atoms with Gasteiger partial charge >= 0.3 is 0 Å². The average Bonchev–Trinajstić information content (AvgIpc) is 3.32. The van der Waals surface area contributed by atoms with Crippen LogP contribution >= 0.6 is 22.6 Å². The van der Waals surface area contributed by atoms with Crippen LogP contribution in [-0.4, -0.2) is 41.5 Å². The number of carbonyl (C=O) groups is 2. The molecule has 0 aliphatic heterocycles. The molecule has 0 spiro atoms. The van der Waals surface area contributed by atoms with Crippen molar-refractivity contribution in [2.75, 3.05) is 13.7 Å². The number of methoxy groups -OCH3 is 1. The minimum absolute atomic E-state index is 0.199. The molecule has 1 heterocycles. The molecule has 0 fully saturated rings. The summed E-state index contributed by atoms with van der Waals surface area (Å²) in [6.07, 6.45) is 3.37. The number of carbonyl (C=O) groups excluding carboxylic acids is 2. The second-order valence-electron chi connectivity index (χ2n) is 7.40. The van der Waals surface area contributed by atoms with Crippen LogP contribution in [0.2, 0.25) is 0 Å². The van der Waals surface area contributed by atoms with E-state index in [1.807, 2.05) is 72.9 Å². The van der Waals surface area contributed by atoms with E-state index in [0.717, 1.165) is 20.6 Å². The first-order valence-electron chi connectivity index (χ1n) is 10.7. The van der Waals surface area contributed by atoms with Gasteiger partial charge in [-0.2, -0.15) is 10.2 Å². The second kappa shape index (κ2) is 11.4. The number of benzene rings is 3. The second-order valence-corrected chi connectivity index (χ2v) is 8.56. The summed E-state index contributed by atoms with van der Waals surface area (Å²) >= 11 is 2.08. The molecule has 0 aliphatic carbocycles. The predicted molar refractivity (Wildman–Crippen MR) is 143 cm³/mol. The van der Waals surface area contributed by atoms with Gasteiger partial charge in [-0.1, -0.05) is 30.3 Å². The molecule has 9 heteroatoms. The van der Waals surface area contributed by atoms with Crippen LogP contribution in [0, 0.1) is 3.57 Å². The number of aromatic nitrogens is 2. The number of rotatable bonds is 8. The van der Waals surface area contributed by atoms with E-state index in [1.54, 1.807) is 23.9 Å². The Hall–Kier alpha value is -3.99. The maximum atomic E-state index is 12.3. The van der Waals surface area contributed by atoms with Crippen molar-refractivity contribution in [2.24, 2.45) is 5.10 Å². The fourth-order valence-electron chi connectivity index (χ4n) is 3.28. The van der Waals surface area contributed by atoms with Gasteiger partial charge in [0.2, 0.25) is 0 Å². The first kappa shape index (κ1) is 24.1. The molecule has 0 aliphatic rings. The summed E-state index contributed by atoms with van der Waals surface area (Å²) in [5, 5.41) is 11.4. The molecule has 2 N–H and O–H groups in total. The van der Waals surface area contributed by atoms with Crippen LogP contribution in [-0.2, 0) is 4.79 Å². The number of amides is 2. The maximum absolute atomic E-state index is 12.3. The van der Waals surface area contributed by atoms with Crippen molar-refractivity contribution in [3.8, 4) is 22.7 Å². The lowest BCUT2D eigenvalue weighted by atomic mass is 10.1. The highest BCUT2D eigenvalue weighted by atomic mass is 127. The van der Waals surface area contributed by atoms with Gasteiger partial charge in [0.15, 0.2) is 0 Å². The third-order valence-corrected chi connectivity index (χ3v) is 5.99. The Labute approximate surface area is 216 Å². The van der Waals surface area contributed by atoms with Gasteiger partial charge < -0.3 is 10.1 Å². The molecule has 0 radical (unpaired) electrons. The van der Waals surface area contributed by atoms with E-state index in [-0.39, 0.29) is 12.5 Å². The van der Waals surface area contributed by atoms with E-state index >= 15 is 0 Å². The van der Waals surface area contributed by atoms with Crippen molar-refractivity contribution in [1.82, 2.24) is 20.5 Å². The van der Waals surface area contributed by atoms with E-state index in [1.165, 1.54) is 6.21 Å². The minimum Gasteiger partial charge on any atom is -0.497 e. The number of halogens is 1. The van der Waals surface area contributed by atoms with E-state index < -0.39 is 5.91 Å². The normalized spacial score (nSPS) is 10.8. The monoisotopic (exact) mass is 579 g/mol. The zero-order valence-corrected chi connectivity index (χ0v) is 21.0. The molecular formula is C26H22IN5O3. The lowest BCUT2D eigenvalue weighted by Gasteiger charge is -2.05. The van der Waals surface area contributed by atoms with Crippen molar-refractivity contribution in [3.05, 3.63) is 99.8 Å². The van der Waals surface area contributed by atoms with Crippen LogP contribution in [0.15, 0.2) is 90.2 Å². The predicted octanol–water partition coefficient (Wildman–Crippen LogP) is 4.03. The first-order chi connectivity index (χ1) is 17.0. The van der Waals surface area contributed by atoms with Gasteiger partial charge in [-0.25, -0.2) is 10.1 Å². The largest absolute Gasteiger partial charge is 0.497 e. The highest BCUT2D eigenvalue weighted by molar-refractivity contribution is 14.1. The number of hydrogen-bond donors (Lipinski definition) is 2. The van der Waals surface area contributed by atoms with Gasteiger partial charge in [0.25, 0.3) is 11.8 Å². The molecule has 0 saturated heterocycles. The van der Waals surface area contributed by atoms with Crippen LogP contribution in [0.5, 0.6) is 5.75 Å². The molecule has 0 atom stereocenters. The fourth-order valence-corrected chi connectivity index (χ4v) is 3.91. The summed E-state index contributed by atoms with van der Waals surface area (Å²) < 4.78 is 7.81. The molecule has 2 amide bonds. The Morgan fingerprint density at radius 2 is 1.74 bits per heavy atom. The van der Waals surface area contributed by atoms with Gasteiger partial charge in [0.1, 0.15) is 11.4 Å². The highest BCUT2D eigenvalue weighted by Gasteiger charge is 2.13. The molecule has 176 valence electrons. The van der Waals surface area contributed by atoms with E-state index in [0.29, 0.717) is 16.8 Å². The van der Waals surface area contributed by atoms with Crippen LogP contribution in [0.4, 0.5) is 0 Å². The van der Waals surface area contributed by atoms with Crippen LogP contribution < -0.4 is 15.5 Å². The molecule has 0 saturated carbocycles. The summed E-state index contributed by atoms with van der Waals surface area (Å²) in [5.41, 5.74) is 6.14. The fraction of sp³-hybridized carbons (Fsp3) is 0.0769. The van der Waals surface area contributed by atoms with Gasteiger partial charge in [0.05, 0.1) is 31.1 Å². The Morgan fingerprint density at radius 1 is 1.03 bits per heavy atom. The van der Waals surface area contributed by atoms with Crippen molar-refractivity contribution >= 4 is 40.6 Å². The standard InChI is InChI=1S/C26H22IN5O3/c1-35-21-13-11-18(12-14-21)25-19(17-32(31-25)20-7-3-2-4-8-20)15-29-30-24(33)16-28-26(34)22-9-5-6-10-23(22)27/h2-15,17H,16H2,1H3,(H,28,34)(H,30,33)/b29-15+. The zero-order valence-electron chi connectivity index (χ0n) is 18.8. The van der Waals surface area contributed by atoms with Crippen molar-refractivity contribution in [2.45, 2.75) is 0 Å². The smallest absolute Gasteiger partial charge is 0.259 e. The molecule has 1 aromatic heterocycles. The summed E-state index contributed by atoms with van der Waals surface area (Å²) in [6, 6.07) is 24.4. The van der Waals surface area contributed by atoms with Crippen LogP contribution in [0.25, 0.3) is 16.9 Å². The Kier molecular flexibility index (Phi) is 7.88. The van der Waals surface area contributed by atoms with Crippen LogP contribution in [0.1, 0.15) is 15.9 Å². The van der Waals surface area contributed by atoms with Crippen molar-refractivity contribution < 1.29 is 14.3 Å². The molecule has 0 bridgehead atoms. The third kappa shape index (κ3) is 6.12. The highest BCUT2D eigenvalue weighted by Crippen LogP contribution is 2.25. The maximum Gasteiger partial charge on any atom is 0.259 e. The molecule has 0 unspecified atom stereocenters. The molecule has 3 aromatic carbocycles. The topological polar surface area (TPSA) is 97.6 Å². The van der Waals surface area contributed by atoms with Crippen LogP contribution in [0.3, 0.4) is 0 Å². The number of para-hydroxylation sites is 1. The quantitative estimate of drug-likeness (QED) is 0.187. The van der Waals surface area contributed by atoms with Gasteiger partial charge in [-0.3, -0.25) is 9.59 Å². The van der Waals surface area contributed by atoms with Gasteiger partial charge in [-0.05, 0) is 71.1 Å². The first-order valence-corrected chi connectivity index (χ1v) is 11.8. The molecule has 8 nitrogen and oxygen atoms in total. The molecular weight excluding hydrogens is 557 g/mol. The minimum atomic E-state index is -0.443. The molecule has 4 rings (SSSR count). The molecule has 4 aromatic rings. The van der Waals surface area contributed by atoms with Crippen molar-refractivity contribution in [3.63, 3.8) is 0 Å². The Morgan fingerprint density at radius 3 is 2.46 bits per heavy atom. The van der Waals surface area contributed by atoms with E-state index in [9.17, 15) is 9.59 Å². The SMILES string of the molecule is COc1ccc(-c2nn(-c3ccccc3)cc2/C=N/NC(=O)CNC(=O)c2ccccc2I)cc1. The number of hydrazone groups is 1. The summed E-state index contributed by atoms with van der Waals surface area (Å²) in [5.74, 6) is -0.0204. The number of ether oxygens (including phenoxy) is 1. The average molecular weight is 579 g/mol. The lowest BCUT2D eigenvalue weighted by molar-refractivity contribution is -0.120. The lowest BCUT2D eigenvalue weighted by Crippen LogP contribution is -2.35. The zero-order chi connectivity index (χ0) is 24.6.